The average Bonchev–Trinajstić information content (AvgIpc) is 2.32. The summed E-state index contributed by atoms with van der Waals surface area (Å²) in [4.78, 5) is 13.1. The van der Waals surface area contributed by atoms with E-state index in [1.807, 2.05) is 0 Å². The van der Waals surface area contributed by atoms with Gasteiger partial charge < -0.3 is 4.90 Å². The summed E-state index contributed by atoms with van der Waals surface area (Å²) in [5, 5.41) is 0. The summed E-state index contributed by atoms with van der Waals surface area (Å²) in [5.41, 5.74) is -0.979. The predicted octanol–water partition coefficient (Wildman–Crippen LogP) is 2.89. The van der Waals surface area contributed by atoms with Crippen LogP contribution in [0.1, 0.15) is 29.8 Å². The van der Waals surface area contributed by atoms with Gasteiger partial charge in [-0.15, -0.1) is 0 Å². The normalized spacial score (nSPS) is 10.5. The molecule has 17 heavy (non-hydrogen) atoms. The minimum atomic E-state index is -1.31. The summed E-state index contributed by atoms with van der Waals surface area (Å²) in [6.45, 7) is 5.25. The lowest BCUT2D eigenvalue weighted by molar-refractivity contribution is 0.0766. The van der Waals surface area contributed by atoms with Gasteiger partial charge in [-0.1, -0.05) is 0 Å². The molecule has 5 heteroatoms. The zero-order chi connectivity index (χ0) is 13.2. The first kappa shape index (κ1) is 13.5. The second kappa shape index (κ2) is 5.21. The van der Waals surface area contributed by atoms with Crippen molar-refractivity contribution >= 4 is 5.91 Å². The summed E-state index contributed by atoms with van der Waals surface area (Å²) in [6, 6.07) is 0.744. The van der Waals surface area contributed by atoms with E-state index in [0.29, 0.717) is 13.1 Å². The van der Waals surface area contributed by atoms with E-state index in [0.717, 1.165) is 13.0 Å². The zero-order valence-corrected chi connectivity index (χ0v) is 9.98. The monoisotopic (exact) mass is 245 g/mol. The first-order valence-electron chi connectivity index (χ1n) is 5.37. The van der Waals surface area contributed by atoms with Crippen molar-refractivity contribution in [3.05, 3.63) is 34.6 Å². The molecule has 1 rings (SSSR count). The van der Waals surface area contributed by atoms with Gasteiger partial charge in [0.2, 0.25) is 0 Å². The van der Waals surface area contributed by atoms with E-state index in [4.69, 9.17) is 0 Å². The Kier molecular flexibility index (Phi) is 4.15. The summed E-state index contributed by atoms with van der Waals surface area (Å²) < 4.78 is 40.1. The number of hydrogen-bond acceptors (Lipinski definition) is 1. The number of amides is 1. The molecule has 0 fully saturated rings. The van der Waals surface area contributed by atoms with Crippen molar-refractivity contribution in [3.63, 3.8) is 0 Å². The van der Waals surface area contributed by atoms with E-state index in [1.165, 1.54) is 4.90 Å². The second-order valence-corrected chi connectivity index (χ2v) is 3.64. The number of hydrogen-bond donors (Lipinski definition) is 0. The Morgan fingerprint density at radius 2 is 1.71 bits per heavy atom. The molecule has 0 bridgehead atoms. The van der Waals surface area contributed by atoms with E-state index in [2.05, 4.69) is 0 Å². The van der Waals surface area contributed by atoms with Crippen LogP contribution in [0.25, 0.3) is 0 Å². The van der Waals surface area contributed by atoms with Crippen molar-refractivity contribution in [1.82, 2.24) is 4.90 Å². The number of carbonyl (C=O) groups excluding carboxylic acids is 1. The van der Waals surface area contributed by atoms with Crippen molar-refractivity contribution in [1.29, 1.82) is 0 Å². The molecule has 94 valence electrons. The standard InChI is InChI=1S/C12H14F3NO/c1-4-16(5-2)12(17)8-6-9(13)7(3)10(14)11(8)15/h6H,4-5H2,1-3H3. The topological polar surface area (TPSA) is 20.3 Å². The fourth-order valence-corrected chi connectivity index (χ4v) is 1.52. The van der Waals surface area contributed by atoms with E-state index < -0.39 is 34.5 Å². The highest BCUT2D eigenvalue weighted by Crippen LogP contribution is 2.20. The molecule has 1 aromatic rings. The lowest BCUT2D eigenvalue weighted by atomic mass is 10.1. The lowest BCUT2D eigenvalue weighted by Crippen LogP contribution is -2.31. The van der Waals surface area contributed by atoms with Crippen LogP contribution in [-0.4, -0.2) is 23.9 Å². The van der Waals surface area contributed by atoms with E-state index >= 15 is 0 Å². The van der Waals surface area contributed by atoms with Gasteiger partial charge in [-0.2, -0.15) is 0 Å². The van der Waals surface area contributed by atoms with Crippen molar-refractivity contribution in [3.8, 4) is 0 Å². The molecule has 1 aromatic carbocycles. The van der Waals surface area contributed by atoms with Crippen LogP contribution in [0.3, 0.4) is 0 Å². The molecule has 0 aliphatic heterocycles. The van der Waals surface area contributed by atoms with E-state index in [1.54, 1.807) is 13.8 Å². The van der Waals surface area contributed by atoms with Crippen molar-refractivity contribution in [2.24, 2.45) is 0 Å². The molecule has 0 saturated heterocycles. The number of halogens is 3. The summed E-state index contributed by atoms with van der Waals surface area (Å²) >= 11 is 0. The molecule has 0 aromatic heterocycles. The van der Waals surface area contributed by atoms with Gasteiger partial charge in [-0.05, 0) is 26.8 Å². The molecular weight excluding hydrogens is 231 g/mol. The van der Waals surface area contributed by atoms with Crippen LogP contribution >= 0.6 is 0 Å². The minimum Gasteiger partial charge on any atom is -0.339 e. The molecule has 0 N–H and O–H groups in total. The van der Waals surface area contributed by atoms with E-state index in [-0.39, 0.29) is 0 Å². The highest BCUT2D eigenvalue weighted by molar-refractivity contribution is 5.94. The summed E-state index contributed by atoms with van der Waals surface area (Å²) in [5.74, 6) is -4.22. The van der Waals surface area contributed by atoms with Gasteiger partial charge >= 0.3 is 0 Å². The largest absolute Gasteiger partial charge is 0.339 e. The zero-order valence-electron chi connectivity index (χ0n) is 9.98. The molecule has 0 atom stereocenters. The Balaban J connectivity index is 3.28. The molecule has 2 nitrogen and oxygen atoms in total. The molecule has 0 spiro atoms. The fraction of sp³-hybridized carbons (Fsp3) is 0.417. The maximum Gasteiger partial charge on any atom is 0.257 e. The van der Waals surface area contributed by atoms with Gasteiger partial charge in [0.25, 0.3) is 5.91 Å². The van der Waals surface area contributed by atoms with Gasteiger partial charge in [0.05, 0.1) is 5.56 Å². The Morgan fingerprint density at radius 1 is 1.18 bits per heavy atom. The van der Waals surface area contributed by atoms with Crippen LogP contribution in [0.15, 0.2) is 6.07 Å². The highest BCUT2D eigenvalue weighted by Gasteiger charge is 2.23. The maximum absolute atomic E-state index is 13.5. The summed E-state index contributed by atoms with van der Waals surface area (Å²) in [6.07, 6.45) is 0. The van der Waals surface area contributed by atoms with Gasteiger partial charge in [0.1, 0.15) is 5.82 Å². The van der Waals surface area contributed by atoms with Gasteiger partial charge in [0.15, 0.2) is 11.6 Å². The Morgan fingerprint density at radius 3 is 2.18 bits per heavy atom. The quantitative estimate of drug-likeness (QED) is 0.750. The number of benzene rings is 1. The second-order valence-electron chi connectivity index (χ2n) is 3.64. The van der Waals surface area contributed by atoms with Gasteiger partial charge in [-0.25, -0.2) is 13.2 Å². The first-order valence-corrected chi connectivity index (χ1v) is 5.37. The third-order valence-corrected chi connectivity index (χ3v) is 2.67. The third-order valence-electron chi connectivity index (χ3n) is 2.67. The molecule has 1 amide bonds. The van der Waals surface area contributed by atoms with Crippen LogP contribution < -0.4 is 0 Å². The smallest absolute Gasteiger partial charge is 0.257 e. The van der Waals surface area contributed by atoms with Crippen molar-refractivity contribution in [2.75, 3.05) is 13.1 Å². The predicted molar refractivity (Wildman–Crippen MR) is 58.3 cm³/mol. The summed E-state index contributed by atoms with van der Waals surface area (Å²) in [7, 11) is 0. The number of carbonyl (C=O) groups is 1. The van der Waals surface area contributed by atoms with Crippen LogP contribution in [0.5, 0.6) is 0 Å². The SMILES string of the molecule is CCN(CC)C(=O)c1cc(F)c(C)c(F)c1F. The minimum absolute atomic E-state index is 0.353. The van der Waals surface area contributed by atoms with Crippen LogP contribution in [0.2, 0.25) is 0 Å². The van der Waals surface area contributed by atoms with E-state index in [9.17, 15) is 18.0 Å². The average molecular weight is 245 g/mol. The molecule has 0 aliphatic rings. The maximum atomic E-state index is 13.5. The fourth-order valence-electron chi connectivity index (χ4n) is 1.52. The molecule has 0 heterocycles. The van der Waals surface area contributed by atoms with Gasteiger partial charge in [0, 0.05) is 18.7 Å². The Labute approximate surface area is 98.0 Å². The number of nitrogens with zero attached hydrogens (tertiary/aromatic N) is 1. The number of rotatable bonds is 3. The van der Waals surface area contributed by atoms with Gasteiger partial charge in [-0.3, -0.25) is 4.79 Å². The third kappa shape index (κ3) is 2.43. The van der Waals surface area contributed by atoms with Crippen LogP contribution in [-0.2, 0) is 0 Å². The Hall–Kier alpha value is -1.52. The highest BCUT2D eigenvalue weighted by atomic mass is 19.2. The van der Waals surface area contributed by atoms with Crippen LogP contribution in [0, 0.1) is 24.4 Å². The molecule has 0 aliphatic carbocycles. The Bertz CT molecular complexity index is 442. The van der Waals surface area contributed by atoms with Crippen molar-refractivity contribution < 1.29 is 18.0 Å². The molecule has 0 unspecified atom stereocenters. The molecule has 0 radical (unpaired) electrons. The van der Waals surface area contributed by atoms with Crippen molar-refractivity contribution in [2.45, 2.75) is 20.8 Å². The molecular formula is C12H14F3NO. The lowest BCUT2D eigenvalue weighted by Gasteiger charge is -2.19. The first-order chi connectivity index (χ1) is 7.93. The molecule has 0 saturated carbocycles. The van der Waals surface area contributed by atoms with Crippen LogP contribution in [0.4, 0.5) is 13.2 Å².